The number of hydrogen-bond acceptors (Lipinski definition) is 5. The summed E-state index contributed by atoms with van der Waals surface area (Å²) >= 11 is 5.88. The summed E-state index contributed by atoms with van der Waals surface area (Å²) in [7, 11) is 0. The van der Waals surface area contributed by atoms with Crippen molar-refractivity contribution in [3.63, 3.8) is 0 Å². The van der Waals surface area contributed by atoms with Crippen LogP contribution in [0.15, 0.2) is 48.5 Å². The molecule has 0 bridgehead atoms. The third-order valence-electron chi connectivity index (χ3n) is 3.05. The van der Waals surface area contributed by atoms with E-state index in [4.69, 9.17) is 25.8 Å². The summed E-state index contributed by atoms with van der Waals surface area (Å²) in [6, 6.07) is 12.4. The number of benzene rings is 2. The van der Waals surface area contributed by atoms with Gasteiger partial charge in [0, 0.05) is 10.7 Å². The molecule has 1 amide bonds. The molecule has 7 heteroatoms. The van der Waals surface area contributed by atoms with Gasteiger partial charge in [0.1, 0.15) is 0 Å². The molecule has 0 aliphatic carbocycles. The minimum atomic E-state index is -1.59. The average molecular weight is 335 g/mol. The van der Waals surface area contributed by atoms with Crippen molar-refractivity contribution in [2.24, 2.45) is 0 Å². The first-order valence-electron chi connectivity index (χ1n) is 7.06. The van der Waals surface area contributed by atoms with Crippen LogP contribution < -0.4 is 20.1 Å². The van der Waals surface area contributed by atoms with Crippen LogP contribution in [-0.2, 0) is 4.74 Å². The van der Waals surface area contributed by atoms with E-state index in [2.05, 4.69) is 10.6 Å². The van der Waals surface area contributed by atoms with Crippen molar-refractivity contribution in [3.05, 3.63) is 53.6 Å². The molecule has 0 fully saturated rings. The fraction of sp³-hybridized carbons (Fsp3) is 0.188. The number of para-hydroxylation sites is 2. The average Bonchev–Trinajstić information content (AvgIpc) is 2.87. The van der Waals surface area contributed by atoms with Crippen LogP contribution in [0.5, 0.6) is 11.5 Å². The standard InChI is InChI=1S/C16H15ClN2O4/c1-2-21-15(20)19-16(18-12-9-7-11(17)8-10-12)22-13-5-3-4-6-14(13)23-16/h3-10,18H,2H2,1H3,(H,19,20). The number of ether oxygens (including phenoxy) is 3. The first kappa shape index (κ1) is 15.3. The largest absolute Gasteiger partial charge is 0.450 e. The van der Waals surface area contributed by atoms with E-state index in [1.54, 1.807) is 43.3 Å². The second-order valence-electron chi connectivity index (χ2n) is 4.74. The number of fused-ring (bicyclic) bond motifs is 1. The predicted molar refractivity (Wildman–Crippen MR) is 85.7 cm³/mol. The molecule has 3 rings (SSSR count). The number of amides is 1. The smallest absolute Gasteiger partial charge is 0.435 e. The van der Waals surface area contributed by atoms with Gasteiger partial charge < -0.3 is 14.2 Å². The number of rotatable bonds is 4. The van der Waals surface area contributed by atoms with E-state index < -0.39 is 12.1 Å². The number of carbonyl (C=O) groups excluding carboxylic acids is 1. The number of nitrogens with one attached hydrogen (secondary N) is 2. The molecule has 6 nitrogen and oxygen atoms in total. The quantitative estimate of drug-likeness (QED) is 0.836. The zero-order valence-corrected chi connectivity index (χ0v) is 13.1. The van der Waals surface area contributed by atoms with E-state index in [0.717, 1.165) is 0 Å². The van der Waals surface area contributed by atoms with E-state index in [1.165, 1.54) is 0 Å². The molecule has 0 radical (unpaired) electrons. The van der Waals surface area contributed by atoms with Crippen molar-refractivity contribution in [2.75, 3.05) is 11.9 Å². The van der Waals surface area contributed by atoms with Gasteiger partial charge in [-0.15, -0.1) is 0 Å². The first-order valence-corrected chi connectivity index (χ1v) is 7.44. The van der Waals surface area contributed by atoms with Gasteiger partial charge in [0.15, 0.2) is 11.5 Å². The first-order chi connectivity index (χ1) is 11.1. The van der Waals surface area contributed by atoms with Crippen molar-refractivity contribution >= 4 is 23.4 Å². The van der Waals surface area contributed by atoms with Gasteiger partial charge in [-0.2, -0.15) is 0 Å². The molecule has 2 aromatic carbocycles. The van der Waals surface area contributed by atoms with E-state index in [0.29, 0.717) is 22.2 Å². The summed E-state index contributed by atoms with van der Waals surface area (Å²) in [6.07, 6.45) is -0.665. The maximum Gasteiger partial charge on any atom is 0.435 e. The maximum absolute atomic E-state index is 11.8. The summed E-state index contributed by atoms with van der Waals surface area (Å²) in [5, 5.41) is 6.15. The Bertz CT molecular complexity index is 680. The molecule has 0 saturated heterocycles. The lowest BCUT2D eigenvalue weighted by Gasteiger charge is -2.28. The predicted octanol–water partition coefficient (Wildman–Crippen LogP) is 3.58. The van der Waals surface area contributed by atoms with Gasteiger partial charge in [-0.05, 0) is 43.3 Å². The van der Waals surface area contributed by atoms with Gasteiger partial charge in [-0.1, -0.05) is 23.7 Å². The number of hydrogen-bond donors (Lipinski definition) is 2. The Labute approximate surface area is 138 Å². The monoisotopic (exact) mass is 334 g/mol. The van der Waals surface area contributed by atoms with E-state index >= 15 is 0 Å². The van der Waals surface area contributed by atoms with E-state index in [9.17, 15) is 4.79 Å². The Kier molecular flexibility index (Phi) is 4.16. The van der Waals surface area contributed by atoms with Crippen molar-refractivity contribution in [2.45, 2.75) is 13.0 Å². The molecule has 2 N–H and O–H groups in total. The summed E-state index contributed by atoms with van der Waals surface area (Å²) < 4.78 is 16.4. The van der Waals surface area contributed by atoms with Gasteiger partial charge in [0.05, 0.1) is 6.61 Å². The van der Waals surface area contributed by atoms with Gasteiger partial charge in [-0.25, -0.2) is 10.1 Å². The van der Waals surface area contributed by atoms with Crippen LogP contribution in [-0.4, -0.2) is 18.7 Å². The summed E-state index contributed by atoms with van der Waals surface area (Å²) in [4.78, 5) is 11.8. The molecule has 0 aromatic heterocycles. The third kappa shape index (κ3) is 3.43. The molecule has 2 aromatic rings. The highest BCUT2D eigenvalue weighted by molar-refractivity contribution is 6.30. The molecule has 0 atom stereocenters. The second-order valence-corrected chi connectivity index (χ2v) is 5.18. The van der Waals surface area contributed by atoms with Crippen LogP contribution in [0.4, 0.5) is 10.5 Å². The van der Waals surface area contributed by atoms with Gasteiger partial charge in [-0.3, -0.25) is 5.32 Å². The van der Waals surface area contributed by atoms with Crippen LogP contribution in [0.1, 0.15) is 6.92 Å². The van der Waals surface area contributed by atoms with Crippen LogP contribution in [0.2, 0.25) is 5.02 Å². The lowest BCUT2D eigenvalue weighted by Crippen LogP contribution is -2.61. The fourth-order valence-corrected chi connectivity index (χ4v) is 2.23. The van der Waals surface area contributed by atoms with E-state index in [1.807, 2.05) is 12.1 Å². The Morgan fingerprint density at radius 1 is 1.13 bits per heavy atom. The van der Waals surface area contributed by atoms with Crippen molar-refractivity contribution in [3.8, 4) is 11.5 Å². The molecule has 0 saturated carbocycles. The minimum Gasteiger partial charge on any atom is -0.450 e. The number of halogens is 1. The maximum atomic E-state index is 11.8. The van der Waals surface area contributed by atoms with Gasteiger partial charge in [0.25, 0.3) is 0 Å². The lowest BCUT2D eigenvalue weighted by atomic mass is 10.3. The topological polar surface area (TPSA) is 68.8 Å². The molecule has 0 spiro atoms. The Balaban J connectivity index is 1.85. The third-order valence-corrected chi connectivity index (χ3v) is 3.30. The fourth-order valence-electron chi connectivity index (χ4n) is 2.11. The molecule has 23 heavy (non-hydrogen) atoms. The van der Waals surface area contributed by atoms with Gasteiger partial charge >= 0.3 is 12.1 Å². The van der Waals surface area contributed by atoms with Crippen molar-refractivity contribution < 1.29 is 19.0 Å². The zero-order chi connectivity index (χ0) is 16.3. The Hall–Kier alpha value is -2.60. The Morgan fingerprint density at radius 3 is 2.30 bits per heavy atom. The van der Waals surface area contributed by atoms with Crippen LogP contribution in [0, 0.1) is 0 Å². The summed E-state index contributed by atoms with van der Waals surface area (Å²) in [5.74, 6) is 1.01. The number of alkyl carbamates (subject to hydrolysis) is 1. The Morgan fingerprint density at radius 2 is 1.74 bits per heavy atom. The second kappa shape index (κ2) is 6.26. The zero-order valence-electron chi connectivity index (χ0n) is 12.3. The van der Waals surface area contributed by atoms with Crippen LogP contribution in [0.25, 0.3) is 0 Å². The molecule has 1 aliphatic heterocycles. The summed E-state index contributed by atoms with van der Waals surface area (Å²) in [6.45, 7) is 1.94. The number of carbonyl (C=O) groups is 1. The SMILES string of the molecule is CCOC(=O)NC1(Nc2ccc(Cl)cc2)Oc2ccccc2O1. The molecular formula is C16H15ClN2O4. The van der Waals surface area contributed by atoms with Gasteiger partial charge in [0.2, 0.25) is 0 Å². The normalized spacial score (nSPS) is 14.2. The van der Waals surface area contributed by atoms with Crippen molar-refractivity contribution in [1.82, 2.24) is 5.32 Å². The molecule has 120 valence electrons. The van der Waals surface area contributed by atoms with Crippen LogP contribution >= 0.6 is 11.6 Å². The highest BCUT2D eigenvalue weighted by Gasteiger charge is 2.44. The molecule has 1 heterocycles. The van der Waals surface area contributed by atoms with Crippen LogP contribution in [0.3, 0.4) is 0 Å². The number of anilines is 1. The minimum absolute atomic E-state index is 0.232. The lowest BCUT2D eigenvalue weighted by molar-refractivity contribution is -0.0769. The highest BCUT2D eigenvalue weighted by atomic mass is 35.5. The summed E-state index contributed by atoms with van der Waals surface area (Å²) in [5.41, 5.74) is 0.652. The molecule has 1 aliphatic rings. The molecule has 0 unspecified atom stereocenters. The van der Waals surface area contributed by atoms with E-state index in [-0.39, 0.29) is 6.61 Å². The van der Waals surface area contributed by atoms with Crippen molar-refractivity contribution in [1.29, 1.82) is 0 Å². The molecular weight excluding hydrogens is 320 g/mol. The highest BCUT2D eigenvalue weighted by Crippen LogP contribution is 2.38.